The van der Waals surface area contributed by atoms with Gasteiger partial charge in [0.15, 0.2) is 4.34 Å². The Morgan fingerprint density at radius 1 is 1.50 bits per heavy atom. The van der Waals surface area contributed by atoms with Gasteiger partial charge in [0.25, 0.3) is 0 Å². The summed E-state index contributed by atoms with van der Waals surface area (Å²) in [5, 5.41) is 1.95. The number of hydrogen-bond acceptors (Lipinski definition) is 5. The molecule has 16 heavy (non-hydrogen) atoms. The van der Waals surface area contributed by atoms with Crippen molar-refractivity contribution in [3.63, 3.8) is 0 Å². The van der Waals surface area contributed by atoms with E-state index in [0.717, 1.165) is 15.0 Å². The first-order chi connectivity index (χ1) is 7.81. The molecule has 0 aliphatic carbocycles. The van der Waals surface area contributed by atoms with Crippen LogP contribution < -0.4 is 10.5 Å². The molecule has 84 valence electrons. The number of para-hydroxylation sites is 1. The molecule has 1 aromatic heterocycles. The fraction of sp³-hybridized carbons (Fsp3) is 0.182. The number of rotatable bonds is 4. The first-order valence-electron chi connectivity index (χ1n) is 4.90. The highest BCUT2D eigenvalue weighted by atomic mass is 32.2. The van der Waals surface area contributed by atoms with E-state index in [-0.39, 0.29) is 0 Å². The molecule has 3 nitrogen and oxygen atoms in total. The van der Waals surface area contributed by atoms with Crippen molar-refractivity contribution in [2.24, 2.45) is 0 Å². The van der Waals surface area contributed by atoms with E-state index < -0.39 is 0 Å². The number of aromatic nitrogens is 1. The maximum absolute atomic E-state index is 6.02. The third-order valence-corrected chi connectivity index (χ3v) is 3.89. The molecule has 0 radical (unpaired) electrons. The molecule has 1 heterocycles. The lowest BCUT2D eigenvalue weighted by molar-refractivity contribution is 0.341. The van der Waals surface area contributed by atoms with E-state index in [2.05, 4.69) is 4.98 Å². The van der Waals surface area contributed by atoms with Crippen molar-refractivity contribution in [1.29, 1.82) is 0 Å². The number of nitrogens with two attached hydrogens (primary N) is 1. The normalized spacial score (nSPS) is 10.3. The first-order valence-corrected chi connectivity index (χ1v) is 6.59. The zero-order chi connectivity index (χ0) is 11.4. The number of anilines is 1. The molecule has 2 rings (SSSR count). The molecule has 0 saturated carbocycles. The predicted molar refractivity (Wildman–Crippen MR) is 68.3 cm³/mol. The Kier molecular flexibility index (Phi) is 3.69. The van der Waals surface area contributed by atoms with Gasteiger partial charge in [0.2, 0.25) is 0 Å². The highest BCUT2D eigenvalue weighted by Gasteiger charge is 2.08. The van der Waals surface area contributed by atoms with Crippen LogP contribution in [0.3, 0.4) is 0 Å². The van der Waals surface area contributed by atoms with Gasteiger partial charge >= 0.3 is 0 Å². The van der Waals surface area contributed by atoms with Crippen LogP contribution in [0, 0.1) is 0 Å². The van der Waals surface area contributed by atoms with Crippen LogP contribution in [0.15, 0.2) is 39.0 Å². The minimum atomic E-state index is 0.621. The van der Waals surface area contributed by atoms with Crippen LogP contribution in [0.4, 0.5) is 5.69 Å². The molecule has 2 aromatic rings. The Morgan fingerprint density at radius 3 is 3.06 bits per heavy atom. The standard InChI is InChI=1S/C11H12N2OS2/c1-2-14-8-4-3-5-9(10(8)12)16-11-13-6-7-15-11/h3-7H,2,12H2,1H3. The molecule has 0 fully saturated rings. The Bertz CT molecular complexity index is 457. The molecule has 0 bridgehead atoms. The number of hydrogen-bond donors (Lipinski definition) is 1. The lowest BCUT2D eigenvalue weighted by atomic mass is 10.3. The van der Waals surface area contributed by atoms with Gasteiger partial charge in [0.05, 0.1) is 12.3 Å². The van der Waals surface area contributed by atoms with Gasteiger partial charge in [-0.25, -0.2) is 4.98 Å². The Hall–Kier alpha value is -1.20. The molecule has 0 amide bonds. The van der Waals surface area contributed by atoms with Crippen LogP contribution in [-0.4, -0.2) is 11.6 Å². The van der Waals surface area contributed by atoms with Crippen molar-refractivity contribution < 1.29 is 4.74 Å². The summed E-state index contributed by atoms with van der Waals surface area (Å²) < 4.78 is 6.43. The van der Waals surface area contributed by atoms with Crippen molar-refractivity contribution in [2.45, 2.75) is 16.2 Å². The van der Waals surface area contributed by atoms with Crippen molar-refractivity contribution in [3.8, 4) is 5.75 Å². The number of thiazole rings is 1. The van der Waals surface area contributed by atoms with Crippen LogP contribution in [0.1, 0.15) is 6.92 Å². The van der Waals surface area contributed by atoms with Gasteiger partial charge in [-0.3, -0.25) is 0 Å². The van der Waals surface area contributed by atoms with Gasteiger partial charge in [0.1, 0.15) is 5.75 Å². The van der Waals surface area contributed by atoms with Crippen LogP contribution in [-0.2, 0) is 0 Å². The molecule has 0 spiro atoms. The van der Waals surface area contributed by atoms with Gasteiger partial charge in [-0.2, -0.15) is 0 Å². The SMILES string of the molecule is CCOc1cccc(Sc2nccs2)c1N. The average molecular weight is 252 g/mol. The van der Waals surface area contributed by atoms with Crippen LogP contribution in [0.2, 0.25) is 0 Å². The van der Waals surface area contributed by atoms with Crippen LogP contribution in [0.5, 0.6) is 5.75 Å². The molecule has 5 heteroatoms. The number of benzene rings is 1. The number of nitrogens with zero attached hydrogens (tertiary/aromatic N) is 1. The van der Waals surface area contributed by atoms with Crippen LogP contribution >= 0.6 is 23.1 Å². The van der Waals surface area contributed by atoms with E-state index in [0.29, 0.717) is 12.3 Å². The Morgan fingerprint density at radius 2 is 2.38 bits per heavy atom. The molecular formula is C11H12N2OS2. The average Bonchev–Trinajstić information content (AvgIpc) is 2.77. The quantitative estimate of drug-likeness (QED) is 0.848. The smallest absolute Gasteiger partial charge is 0.154 e. The van der Waals surface area contributed by atoms with Crippen LogP contribution in [0.25, 0.3) is 0 Å². The Labute approximate surface area is 103 Å². The van der Waals surface area contributed by atoms with E-state index >= 15 is 0 Å². The summed E-state index contributed by atoms with van der Waals surface area (Å²) in [5.41, 5.74) is 6.70. The van der Waals surface area contributed by atoms with Gasteiger partial charge in [-0.1, -0.05) is 17.8 Å². The molecule has 0 saturated heterocycles. The van der Waals surface area contributed by atoms with E-state index in [1.165, 1.54) is 0 Å². The largest absolute Gasteiger partial charge is 0.492 e. The Balaban J connectivity index is 2.24. The van der Waals surface area contributed by atoms with E-state index in [1.807, 2.05) is 30.5 Å². The molecule has 0 aliphatic rings. The lowest BCUT2D eigenvalue weighted by Crippen LogP contribution is -1.97. The summed E-state index contributed by atoms with van der Waals surface area (Å²) in [7, 11) is 0. The zero-order valence-electron chi connectivity index (χ0n) is 8.84. The third kappa shape index (κ3) is 2.48. The molecule has 0 unspecified atom stereocenters. The van der Waals surface area contributed by atoms with E-state index in [4.69, 9.17) is 10.5 Å². The third-order valence-electron chi connectivity index (χ3n) is 1.93. The van der Waals surface area contributed by atoms with Gasteiger partial charge in [-0.15, -0.1) is 11.3 Å². The topological polar surface area (TPSA) is 48.1 Å². The summed E-state index contributed by atoms with van der Waals surface area (Å²) in [6.45, 7) is 2.57. The summed E-state index contributed by atoms with van der Waals surface area (Å²) in [4.78, 5) is 5.20. The van der Waals surface area contributed by atoms with Crippen molar-refractivity contribution in [3.05, 3.63) is 29.8 Å². The second-order valence-electron chi connectivity index (χ2n) is 3.00. The monoisotopic (exact) mass is 252 g/mol. The number of ether oxygens (including phenoxy) is 1. The molecule has 1 aromatic carbocycles. The van der Waals surface area contributed by atoms with E-state index in [9.17, 15) is 0 Å². The van der Waals surface area contributed by atoms with Gasteiger partial charge in [-0.05, 0) is 19.1 Å². The predicted octanol–water partition coefficient (Wildman–Crippen LogP) is 3.28. The number of nitrogen functional groups attached to an aromatic ring is 1. The molecule has 2 N–H and O–H groups in total. The molecule has 0 aliphatic heterocycles. The minimum absolute atomic E-state index is 0.621. The summed E-state index contributed by atoms with van der Waals surface area (Å²) in [6, 6.07) is 5.80. The summed E-state index contributed by atoms with van der Waals surface area (Å²) >= 11 is 3.16. The van der Waals surface area contributed by atoms with Crippen molar-refractivity contribution in [2.75, 3.05) is 12.3 Å². The summed E-state index contributed by atoms with van der Waals surface area (Å²) in [6.07, 6.45) is 1.79. The van der Waals surface area contributed by atoms with Crippen molar-refractivity contribution >= 4 is 28.8 Å². The maximum atomic E-state index is 6.02. The second kappa shape index (κ2) is 5.23. The summed E-state index contributed by atoms with van der Waals surface area (Å²) in [5.74, 6) is 0.740. The molecular weight excluding hydrogens is 240 g/mol. The first kappa shape index (κ1) is 11.3. The highest BCUT2D eigenvalue weighted by Crippen LogP contribution is 2.37. The maximum Gasteiger partial charge on any atom is 0.154 e. The van der Waals surface area contributed by atoms with Crippen molar-refractivity contribution in [1.82, 2.24) is 4.98 Å². The molecule has 0 atom stereocenters. The van der Waals surface area contributed by atoms with Gasteiger partial charge in [0, 0.05) is 16.5 Å². The fourth-order valence-corrected chi connectivity index (χ4v) is 2.90. The minimum Gasteiger partial charge on any atom is -0.492 e. The lowest BCUT2D eigenvalue weighted by Gasteiger charge is -2.09. The van der Waals surface area contributed by atoms with Gasteiger partial charge < -0.3 is 10.5 Å². The second-order valence-corrected chi connectivity index (χ2v) is 5.18. The zero-order valence-corrected chi connectivity index (χ0v) is 10.5. The highest BCUT2D eigenvalue weighted by molar-refractivity contribution is 8.01. The fourth-order valence-electron chi connectivity index (χ4n) is 1.25. The van der Waals surface area contributed by atoms with E-state index in [1.54, 1.807) is 29.3 Å².